The lowest BCUT2D eigenvalue weighted by Crippen LogP contribution is -2.22. The first-order valence-corrected chi connectivity index (χ1v) is 6.86. The fourth-order valence-corrected chi connectivity index (χ4v) is 2.01. The van der Waals surface area contributed by atoms with Gasteiger partial charge in [0.2, 0.25) is 0 Å². The van der Waals surface area contributed by atoms with Crippen LogP contribution in [-0.2, 0) is 0 Å². The third-order valence-electron chi connectivity index (χ3n) is 3.14. The SMILES string of the molecule is C=C/C=C\c1c(C)cccc1N/C(=C(\C=N)C(=C)C)C(F)(F)F. The van der Waals surface area contributed by atoms with Gasteiger partial charge in [-0.25, -0.2) is 0 Å². The van der Waals surface area contributed by atoms with Crippen molar-refractivity contribution in [2.45, 2.75) is 20.0 Å². The molecule has 0 fully saturated rings. The van der Waals surface area contributed by atoms with Crippen molar-refractivity contribution in [3.8, 4) is 0 Å². The summed E-state index contributed by atoms with van der Waals surface area (Å²) in [4.78, 5) is 0. The second kappa shape index (κ2) is 7.63. The van der Waals surface area contributed by atoms with Gasteiger partial charge in [0.25, 0.3) is 0 Å². The molecule has 0 saturated carbocycles. The van der Waals surface area contributed by atoms with Gasteiger partial charge in [-0.15, -0.1) is 0 Å². The van der Waals surface area contributed by atoms with Crippen LogP contribution in [0.3, 0.4) is 0 Å². The molecule has 0 spiro atoms. The number of nitrogens with one attached hydrogen (secondary N) is 2. The van der Waals surface area contributed by atoms with Crippen molar-refractivity contribution in [3.63, 3.8) is 0 Å². The van der Waals surface area contributed by atoms with Crippen molar-refractivity contribution >= 4 is 18.0 Å². The van der Waals surface area contributed by atoms with Gasteiger partial charge in [-0.2, -0.15) is 13.2 Å². The van der Waals surface area contributed by atoms with E-state index in [1.54, 1.807) is 43.4 Å². The molecule has 5 heteroatoms. The van der Waals surface area contributed by atoms with Gasteiger partial charge < -0.3 is 10.7 Å². The van der Waals surface area contributed by atoms with E-state index >= 15 is 0 Å². The number of anilines is 1. The van der Waals surface area contributed by atoms with Crippen LogP contribution in [0.25, 0.3) is 6.08 Å². The zero-order chi connectivity index (χ0) is 17.6. The summed E-state index contributed by atoms with van der Waals surface area (Å²) in [7, 11) is 0. The van der Waals surface area contributed by atoms with Crippen molar-refractivity contribution < 1.29 is 13.2 Å². The Balaban J connectivity index is 3.50. The van der Waals surface area contributed by atoms with E-state index in [0.29, 0.717) is 17.5 Å². The van der Waals surface area contributed by atoms with Crippen LogP contribution < -0.4 is 5.32 Å². The molecule has 0 aliphatic rings. The van der Waals surface area contributed by atoms with Crippen molar-refractivity contribution in [2.24, 2.45) is 0 Å². The van der Waals surface area contributed by atoms with E-state index in [0.717, 1.165) is 5.56 Å². The average molecular weight is 320 g/mol. The fourth-order valence-electron chi connectivity index (χ4n) is 2.01. The lowest BCUT2D eigenvalue weighted by atomic mass is 10.0. The Bertz CT molecular complexity index is 680. The predicted molar refractivity (Wildman–Crippen MR) is 90.7 cm³/mol. The van der Waals surface area contributed by atoms with Crippen LogP contribution in [0, 0.1) is 12.3 Å². The van der Waals surface area contributed by atoms with Crippen LogP contribution in [0.1, 0.15) is 18.1 Å². The summed E-state index contributed by atoms with van der Waals surface area (Å²) >= 11 is 0. The Morgan fingerprint density at radius 3 is 2.43 bits per heavy atom. The molecule has 0 aliphatic heterocycles. The number of benzene rings is 1. The standard InChI is InChI=1S/C18H19F3N2/c1-5-6-9-14-13(4)8-7-10-16(14)23-17(18(19,20)21)15(11-22)12(2)3/h5-11,22-23H,1-2H2,3-4H3/b9-6-,17-15+,22-11?. The summed E-state index contributed by atoms with van der Waals surface area (Å²) < 4.78 is 40.2. The van der Waals surface area contributed by atoms with Crippen molar-refractivity contribution in [1.29, 1.82) is 5.41 Å². The minimum Gasteiger partial charge on any atom is -0.350 e. The smallest absolute Gasteiger partial charge is 0.350 e. The highest BCUT2D eigenvalue weighted by atomic mass is 19.4. The minimum absolute atomic E-state index is 0.163. The summed E-state index contributed by atoms with van der Waals surface area (Å²) in [5, 5.41) is 9.69. The molecule has 2 N–H and O–H groups in total. The maximum absolute atomic E-state index is 13.4. The first-order chi connectivity index (χ1) is 10.7. The van der Waals surface area contributed by atoms with E-state index in [4.69, 9.17) is 5.41 Å². The molecule has 1 aromatic carbocycles. The number of hydrogen-bond donors (Lipinski definition) is 2. The van der Waals surface area contributed by atoms with Gasteiger partial charge in [0.05, 0.1) is 0 Å². The molecule has 122 valence electrons. The molecule has 0 atom stereocenters. The van der Waals surface area contributed by atoms with E-state index in [1.807, 2.05) is 0 Å². The number of allylic oxidation sites excluding steroid dienone is 5. The molecular formula is C18H19F3N2. The third kappa shape index (κ3) is 4.71. The van der Waals surface area contributed by atoms with E-state index in [-0.39, 0.29) is 11.1 Å². The first-order valence-electron chi connectivity index (χ1n) is 6.86. The number of halogens is 3. The minimum atomic E-state index is -4.63. The molecule has 0 heterocycles. The van der Waals surface area contributed by atoms with Gasteiger partial charge in [-0.1, -0.05) is 43.5 Å². The zero-order valence-electron chi connectivity index (χ0n) is 13.1. The Labute approximate surface area is 134 Å². The molecule has 2 nitrogen and oxygen atoms in total. The van der Waals surface area contributed by atoms with Crippen molar-refractivity contribution in [3.05, 3.63) is 71.5 Å². The molecule has 0 saturated heterocycles. The van der Waals surface area contributed by atoms with Crippen LogP contribution in [0.2, 0.25) is 0 Å². The number of alkyl halides is 3. The summed E-state index contributed by atoms with van der Waals surface area (Å²) in [6.45, 7) is 10.3. The van der Waals surface area contributed by atoms with Crippen molar-refractivity contribution in [1.82, 2.24) is 0 Å². The highest BCUT2D eigenvalue weighted by molar-refractivity contribution is 5.85. The van der Waals surface area contributed by atoms with E-state index in [2.05, 4.69) is 18.5 Å². The summed E-state index contributed by atoms with van der Waals surface area (Å²) in [5.41, 5.74) is 0.629. The number of hydrogen-bond acceptors (Lipinski definition) is 2. The molecule has 0 aromatic heterocycles. The van der Waals surface area contributed by atoms with Crippen LogP contribution in [0.15, 0.2) is 60.4 Å². The maximum Gasteiger partial charge on any atom is 0.431 e. The molecule has 0 unspecified atom stereocenters. The van der Waals surface area contributed by atoms with E-state index < -0.39 is 11.9 Å². The normalized spacial score (nSPS) is 12.7. The number of aryl methyl sites for hydroxylation is 1. The molecule has 0 bridgehead atoms. The van der Waals surface area contributed by atoms with Crippen LogP contribution in [0.5, 0.6) is 0 Å². The van der Waals surface area contributed by atoms with Gasteiger partial charge in [-0.3, -0.25) is 0 Å². The van der Waals surface area contributed by atoms with Crippen LogP contribution >= 0.6 is 0 Å². The highest BCUT2D eigenvalue weighted by Gasteiger charge is 2.36. The lowest BCUT2D eigenvalue weighted by Gasteiger charge is -2.20. The quantitative estimate of drug-likeness (QED) is 0.516. The summed E-state index contributed by atoms with van der Waals surface area (Å²) in [6, 6.07) is 5.03. The highest BCUT2D eigenvalue weighted by Crippen LogP contribution is 2.33. The predicted octanol–water partition coefficient (Wildman–Crippen LogP) is 5.65. The molecule has 0 radical (unpaired) electrons. The summed E-state index contributed by atoms with van der Waals surface area (Å²) in [6.07, 6.45) is 0.917. The van der Waals surface area contributed by atoms with Crippen LogP contribution in [0.4, 0.5) is 18.9 Å². The lowest BCUT2D eigenvalue weighted by molar-refractivity contribution is -0.0906. The summed E-state index contributed by atoms with van der Waals surface area (Å²) in [5.74, 6) is 0. The second-order valence-electron chi connectivity index (χ2n) is 4.97. The molecule has 1 rings (SSSR count). The Morgan fingerprint density at radius 1 is 1.30 bits per heavy atom. The van der Waals surface area contributed by atoms with E-state index in [1.165, 1.54) is 6.92 Å². The Hall–Kier alpha value is -2.56. The zero-order valence-corrected chi connectivity index (χ0v) is 13.1. The van der Waals surface area contributed by atoms with Gasteiger partial charge in [0.1, 0.15) is 5.70 Å². The second-order valence-corrected chi connectivity index (χ2v) is 4.97. The van der Waals surface area contributed by atoms with Crippen molar-refractivity contribution in [2.75, 3.05) is 5.32 Å². The Kier molecular flexibility index (Phi) is 6.13. The molecular weight excluding hydrogens is 301 g/mol. The molecule has 1 aromatic rings. The fraction of sp³-hybridized carbons (Fsp3) is 0.167. The molecule has 0 amide bonds. The topological polar surface area (TPSA) is 35.9 Å². The largest absolute Gasteiger partial charge is 0.431 e. The third-order valence-corrected chi connectivity index (χ3v) is 3.14. The van der Waals surface area contributed by atoms with Gasteiger partial charge in [0, 0.05) is 23.0 Å². The monoisotopic (exact) mass is 320 g/mol. The first kappa shape index (κ1) is 18.5. The Morgan fingerprint density at radius 2 is 1.96 bits per heavy atom. The molecule has 0 aliphatic carbocycles. The van der Waals surface area contributed by atoms with Crippen LogP contribution in [-0.4, -0.2) is 12.4 Å². The number of rotatable bonds is 6. The average Bonchev–Trinajstić information content (AvgIpc) is 2.45. The van der Waals surface area contributed by atoms with E-state index in [9.17, 15) is 13.2 Å². The molecule has 23 heavy (non-hydrogen) atoms. The van der Waals surface area contributed by atoms with Gasteiger partial charge in [-0.05, 0) is 31.1 Å². The maximum atomic E-state index is 13.4. The van der Waals surface area contributed by atoms with Gasteiger partial charge in [0.15, 0.2) is 0 Å². The van der Waals surface area contributed by atoms with Gasteiger partial charge >= 0.3 is 6.18 Å².